The van der Waals surface area contributed by atoms with Crippen LogP contribution in [0, 0.1) is 5.92 Å². The van der Waals surface area contributed by atoms with E-state index in [2.05, 4.69) is 10.4 Å². The molecule has 0 radical (unpaired) electrons. The number of nitrogens with one attached hydrogen (secondary N) is 1. The van der Waals surface area contributed by atoms with Crippen LogP contribution in [-0.4, -0.2) is 28.1 Å². The highest BCUT2D eigenvalue weighted by Gasteiger charge is 2.37. The molecule has 160 valence electrons. The first-order valence-corrected chi connectivity index (χ1v) is 9.65. The third-order valence-corrected chi connectivity index (χ3v) is 5.15. The van der Waals surface area contributed by atoms with Gasteiger partial charge in [-0.05, 0) is 35.9 Å². The molecule has 9 heteroatoms. The SMILES string of the molecule is O=C(Nc1ccccc1Cn1cccn1)C1CC(=O)N(c2cccc(C(F)(F)F)c2)C1. The summed E-state index contributed by atoms with van der Waals surface area (Å²) >= 11 is 0. The zero-order chi connectivity index (χ0) is 22.0. The number of halogens is 3. The lowest BCUT2D eigenvalue weighted by molar-refractivity contribution is -0.137. The molecule has 1 saturated heterocycles. The molecule has 1 unspecified atom stereocenters. The number of aromatic nitrogens is 2. The van der Waals surface area contributed by atoms with Crippen LogP contribution in [0.1, 0.15) is 17.5 Å². The van der Waals surface area contributed by atoms with Gasteiger partial charge >= 0.3 is 6.18 Å². The highest BCUT2D eigenvalue weighted by Crippen LogP contribution is 2.33. The quantitative estimate of drug-likeness (QED) is 0.670. The lowest BCUT2D eigenvalue weighted by atomic mass is 10.1. The van der Waals surface area contributed by atoms with Crippen molar-refractivity contribution in [3.63, 3.8) is 0 Å². The van der Waals surface area contributed by atoms with E-state index < -0.39 is 17.7 Å². The summed E-state index contributed by atoms with van der Waals surface area (Å²) in [5.41, 5.74) is 0.749. The molecule has 3 aromatic rings. The lowest BCUT2D eigenvalue weighted by Gasteiger charge is -2.18. The molecule has 6 nitrogen and oxygen atoms in total. The molecule has 0 aliphatic carbocycles. The van der Waals surface area contributed by atoms with Crippen LogP contribution < -0.4 is 10.2 Å². The molecule has 2 aromatic carbocycles. The third kappa shape index (κ3) is 4.60. The van der Waals surface area contributed by atoms with Crippen LogP contribution >= 0.6 is 0 Å². The van der Waals surface area contributed by atoms with E-state index in [1.54, 1.807) is 35.3 Å². The number of nitrogens with zero attached hydrogens (tertiary/aromatic N) is 3. The maximum atomic E-state index is 13.0. The Bertz CT molecular complexity index is 1100. The molecule has 1 atom stereocenters. The highest BCUT2D eigenvalue weighted by molar-refractivity contribution is 6.03. The number of rotatable bonds is 5. The smallest absolute Gasteiger partial charge is 0.325 e. The van der Waals surface area contributed by atoms with Crippen molar-refractivity contribution < 1.29 is 22.8 Å². The van der Waals surface area contributed by atoms with Gasteiger partial charge in [0.05, 0.1) is 18.0 Å². The fourth-order valence-corrected chi connectivity index (χ4v) is 3.57. The molecule has 0 saturated carbocycles. The summed E-state index contributed by atoms with van der Waals surface area (Å²) in [6.45, 7) is 0.483. The Morgan fingerprint density at radius 2 is 1.94 bits per heavy atom. The maximum absolute atomic E-state index is 13.0. The van der Waals surface area contributed by atoms with Gasteiger partial charge < -0.3 is 10.2 Å². The molecule has 1 aliphatic rings. The Hall–Kier alpha value is -3.62. The molecule has 1 fully saturated rings. The van der Waals surface area contributed by atoms with Gasteiger partial charge in [0, 0.05) is 36.7 Å². The van der Waals surface area contributed by atoms with Gasteiger partial charge in [-0.25, -0.2) is 0 Å². The molecule has 4 rings (SSSR count). The van der Waals surface area contributed by atoms with Crippen LogP contribution in [0.25, 0.3) is 0 Å². The fourth-order valence-electron chi connectivity index (χ4n) is 3.57. The summed E-state index contributed by atoms with van der Waals surface area (Å²) in [5.74, 6) is -1.40. The van der Waals surface area contributed by atoms with Crippen LogP contribution in [-0.2, 0) is 22.3 Å². The molecular formula is C22H19F3N4O2. The van der Waals surface area contributed by atoms with Crippen LogP contribution in [0.3, 0.4) is 0 Å². The molecule has 2 heterocycles. The van der Waals surface area contributed by atoms with E-state index in [1.807, 2.05) is 12.1 Å². The molecule has 2 amide bonds. The summed E-state index contributed by atoms with van der Waals surface area (Å²) < 4.78 is 40.7. The average molecular weight is 428 g/mol. The molecule has 1 aromatic heterocycles. The van der Waals surface area contributed by atoms with Gasteiger partial charge in [0.1, 0.15) is 0 Å². The van der Waals surface area contributed by atoms with Crippen LogP contribution in [0.2, 0.25) is 0 Å². The Morgan fingerprint density at radius 3 is 2.68 bits per heavy atom. The molecule has 0 bridgehead atoms. The Labute approximate surface area is 176 Å². The Morgan fingerprint density at radius 1 is 1.13 bits per heavy atom. The van der Waals surface area contributed by atoms with Crippen molar-refractivity contribution in [3.05, 3.63) is 78.1 Å². The molecule has 1 aliphatic heterocycles. The van der Waals surface area contributed by atoms with Crippen molar-refractivity contribution in [2.45, 2.75) is 19.1 Å². The van der Waals surface area contributed by atoms with Crippen molar-refractivity contribution in [1.82, 2.24) is 9.78 Å². The summed E-state index contributed by atoms with van der Waals surface area (Å²) in [5, 5.41) is 7.01. The zero-order valence-electron chi connectivity index (χ0n) is 16.3. The molecule has 1 N–H and O–H groups in total. The number of anilines is 2. The van der Waals surface area contributed by atoms with Gasteiger partial charge in [0.2, 0.25) is 11.8 Å². The number of carbonyl (C=O) groups is 2. The van der Waals surface area contributed by atoms with Gasteiger partial charge in [-0.1, -0.05) is 24.3 Å². The minimum Gasteiger partial charge on any atom is -0.325 e. The third-order valence-electron chi connectivity index (χ3n) is 5.15. The normalized spacial score (nSPS) is 16.5. The van der Waals surface area contributed by atoms with E-state index in [0.717, 1.165) is 17.7 Å². The van der Waals surface area contributed by atoms with Gasteiger partial charge in [0.15, 0.2) is 0 Å². The first kappa shape index (κ1) is 20.6. The first-order valence-electron chi connectivity index (χ1n) is 9.65. The predicted octanol–water partition coefficient (Wildman–Crippen LogP) is 3.94. The van der Waals surface area contributed by atoms with E-state index in [4.69, 9.17) is 0 Å². The number of alkyl halides is 3. The predicted molar refractivity (Wildman–Crippen MR) is 108 cm³/mol. The van der Waals surface area contributed by atoms with Crippen molar-refractivity contribution >= 4 is 23.2 Å². The molecule has 31 heavy (non-hydrogen) atoms. The average Bonchev–Trinajstić information content (AvgIpc) is 3.38. The van der Waals surface area contributed by atoms with Crippen molar-refractivity contribution in [1.29, 1.82) is 0 Å². The van der Waals surface area contributed by atoms with Crippen molar-refractivity contribution in [2.75, 3.05) is 16.8 Å². The van der Waals surface area contributed by atoms with Gasteiger partial charge in [0.25, 0.3) is 0 Å². The number of benzene rings is 2. The van der Waals surface area contributed by atoms with Crippen LogP contribution in [0.5, 0.6) is 0 Å². The Balaban J connectivity index is 1.47. The van der Waals surface area contributed by atoms with Gasteiger partial charge in [-0.3, -0.25) is 14.3 Å². The molecule has 0 spiro atoms. The maximum Gasteiger partial charge on any atom is 0.416 e. The minimum atomic E-state index is -4.51. The standard InChI is InChI=1S/C22H19F3N4O2/c23-22(24,25)17-6-3-7-18(12-17)29-14-16(11-20(29)30)21(31)27-19-8-2-1-5-15(19)13-28-10-4-9-26-28/h1-10,12,16H,11,13-14H2,(H,27,31). The minimum absolute atomic E-state index is 0.0211. The summed E-state index contributed by atoms with van der Waals surface area (Å²) in [6, 6.07) is 13.6. The lowest BCUT2D eigenvalue weighted by Crippen LogP contribution is -2.28. The van der Waals surface area contributed by atoms with Gasteiger partial charge in [-0.15, -0.1) is 0 Å². The number of para-hydroxylation sites is 1. The van der Waals surface area contributed by atoms with Crippen LogP contribution in [0.4, 0.5) is 24.5 Å². The number of hydrogen-bond donors (Lipinski definition) is 1. The van der Waals surface area contributed by atoms with Gasteiger partial charge in [-0.2, -0.15) is 18.3 Å². The van der Waals surface area contributed by atoms with E-state index in [1.165, 1.54) is 17.0 Å². The van der Waals surface area contributed by atoms with E-state index >= 15 is 0 Å². The molecular weight excluding hydrogens is 409 g/mol. The second-order valence-corrected chi connectivity index (χ2v) is 7.30. The summed E-state index contributed by atoms with van der Waals surface area (Å²) in [6.07, 6.45) is -1.11. The fraction of sp³-hybridized carbons (Fsp3) is 0.227. The van der Waals surface area contributed by atoms with Crippen LogP contribution in [0.15, 0.2) is 67.0 Å². The second-order valence-electron chi connectivity index (χ2n) is 7.30. The van der Waals surface area contributed by atoms with Crippen molar-refractivity contribution in [3.8, 4) is 0 Å². The number of amides is 2. The van der Waals surface area contributed by atoms with E-state index in [-0.39, 0.29) is 30.5 Å². The number of hydrogen-bond acceptors (Lipinski definition) is 3. The van der Waals surface area contributed by atoms with E-state index in [9.17, 15) is 22.8 Å². The van der Waals surface area contributed by atoms with E-state index in [0.29, 0.717) is 12.2 Å². The topological polar surface area (TPSA) is 67.2 Å². The number of carbonyl (C=O) groups excluding carboxylic acids is 2. The zero-order valence-corrected chi connectivity index (χ0v) is 16.3. The highest BCUT2D eigenvalue weighted by atomic mass is 19.4. The second kappa shape index (κ2) is 8.25. The largest absolute Gasteiger partial charge is 0.416 e. The monoisotopic (exact) mass is 428 g/mol. The summed E-state index contributed by atoms with van der Waals surface area (Å²) in [4.78, 5) is 26.5. The summed E-state index contributed by atoms with van der Waals surface area (Å²) in [7, 11) is 0. The van der Waals surface area contributed by atoms with Crippen molar-refractivity contribution in [2.24, 2.45) is 5.92 Å². The first-order chi connectivity index (χ1) is 14.8. The Kier molecular flexibility index (Phi) is 5.50.